The number of hydrogen-bond acceptors (Lipinski definition) is 3. The molecule has 0 fully saturated rings. The third kappa shape index (κ3) is 5.62. The van der Waals surface area contributed by atoms with E-state index in [1.54, 1.807) is 10.9 Å². The molecule has 4 nitrogen and oxygen atoms in total. The van der Waals surface area contributed by atoms with Crippen molar-refractivity contribution in [1.29, 1.82) is 0 Å². The van der Waals surface area contributed by atoms with Crippen molar-refractivity contribution in [2.24, 2.45) is 0 Å². The zero-order valence-corrected chi connectivity index (χ0v) is 14.9. The van der Waals surface area contributed by atoms with Crippen LogP contribution in [0.4, 0.5) is 13.2 Å². The molecule has 8 heteroatoms. The number of carbonyl (C=O) groups is 1. The average molecular weight is 391 g/mol. The first-order valence-corrected chi connectivity index (χ1v) is 8.90. The molecule has 0 saturated carbocycles. The van der Waals surface area contributed by atoms with E-state index in [1.165, 1.54) is 24.3 Å². The highest BCUT2D eigenvalue weighted by Gasteiger charge is 2.29. The van der Waals surface area contributed by atoms with Crippen molar-refractivity contribution in [2.45, 2.75) is 23.5 Å². The van der Waals surface area contributed by atoms with Gasteiger partial charge in [0, 0.05) is 29.4 Å². The highest BCUT2D eigenvalue weighted by molar-refractivity contribution is 8.00. The smallest absolute Gasteiger partial charge is 0.348 e. The molecule has 1 heterocycles. The van der Waals surface area contributed by atoms with Crippen LogP contribution in [0.25, 0.3) is 0 Å². The van der Waals surface area contributed by atoms with Crippen LogP contribution < -0.4 is 5.32 Å². The molecule has 0 aliphatic rings. The summed E-state index contributed by atoms with van der Waals surface area (Å²) in [6.45, 7) is 0.901. The van der Waals surface area contributed by atoms with E-state index in [9.17, 15) is 18.0 Å². The van der Waals surface area contributed by atoms with Gasteiger partial charge in [-0.15, -0.1) is 0 Å². The number of nitrogens with one attached hydrogen (secondary N) is 1. The Morgan fingerprint density at radius 1 is 1.04 bits per heavy atom. The number of halogens is 3. The summed E-state index contributed by atoms with van der Waals surface area (Å²) in [4.78, 5) is 12.3. The standard InChI is InChI=1S/C19H16F3N3OS/c20-19(21,22)27-17-8-6-14(7-9-17)18(26)23-12-15-4-1-2-5-16(15)13-25-11-3-10-24-25/h1-11H,12-13H2,(H,23,26). The molecule has 0 bridgehead atoms. The molecule has 3 aromatic rings. The summed E-state index contributed by atoms with van der Waals surface area (Å²) in [6.07, 6.45) is 3.56. The summed E-state index contributed by atoms with van der Waals surface area (Å²) in [6, 6.07) is 14.9. The second-order valence-corrected chi connectivity index (χ2v) is 6.87. The first-order chi connectivity index (χ1) is 12.9. The normalized spacial score (nSPS) is 11.4. The molecule has 0 unspecified atom stereocenters. The van der Waals surface area contributed by atoms with Gasteiger partial charge in [0.05, 0.1) is 6.54 Å². The summed E-state index contributed by atoms with van der Waals surface area (Å²) >= 11 is -0.205. The van der Waals surface area contributed by atoms with Gasteiger partial charge >= 0.3 is 5.51 Å². The van der Waals surface area contributed by atoms with E-state index in [0.29, 0.717) is 18.7 Å². The molecule has 140 valence electrons. The monoisotopic (exact) mass is 391 g/mol. The fourth-order valence-corrected chi connectivity index (χ4v) is 3.08. The molecule has 3 rings (SSSR count). The van der Waals surface area contributed by atoms with Gasteiger partial charge in [-0.05, 0) is 53.2 Å². The maximum absolute atomic E-state index is 12.4. The number of benzene rings is 2. The van der Waals surface area contributed by atoms with E-state index in [4.69, 9.17) is 0 Å². The van der Waals surface area contributed by atoms with E-state index >= 15 is 0 Å². The van der Waals surface area contributed by atoms with Crippen LogP contribution in [0.15, 0.2) is 71.9 Å². The highest BCUT2D eigenvalue weighted by Crippen LogP contribution is 2.36. The second-order valence-electron chi connectivity index (χ2n) is 5.73. The SMILES string of the molecule is O=C(NCc1ccccc1Cn1cccn1)c1ccc(SC(F)(F)F)cc1. The molecule has 0 saturated heterocycles. The molecule has 1 aromatic heterocycles. The van der Waals surface area contributed by atoms with Crippen LogP contribution >= 0.6 is 11.8 Å². The number of amides is 1. The van der Waals surface area contributed by atoms with Crippen molar-refractivity contribution < 1.29 is 18.0 Å². The summed E-state index contributed by atoms with van der Waals surface area (Å²) in [7, 11) is 0. The molecule has 2 aromatic carbocycles. The Bertz CT molecular complexity index is 893. The molecular formula is C19H16F3N3OS. The number of alkyl halides is 3. The summed E-state index contributed by atoms with van der Waals surface area (Å²) in [5.41, 5.74) is -2.06. The van der Waals surface area contributed by atoms with E-state index in [2.05, 4.69) is 10.4 Å². The molecule has 0 radical (unpaired) electrons. The number of carbonyl (C=O) groups excluding carboxylic acids is 1. The van der Waals surface area contributed by atoms with Gasteiger partial charge in [-0.25, -0.2) is 0 Å². The second kappa shape index (κ2) is 8.30. The van der Waals surface area contributed by atoms with Crippen LogP contribution in [0.1, 0.15) is 21.5 Å². The maximum atomic E-state index is 12.4. The molecule has 0 aliphatic carbocycles. The Labute approximate surface area is 158 Å². The van der Waals surface area contributed by atoms with Crippen LogP contribution in [-0.2, 0) is 13.1 Å². The Kier molecular flexibility index (Phi) is 5.85. The summed E-state index contributed by atoms with van der Waals surface area (Å²) in [5, 5.41) is 6.98. The van der Waals surface area contributed by atoms with E-state index in [-0.39, 0.29) is 22.6 Å². The van der Waals surface area contributed by atoms with Crippen molar-refractivity contribution in [3.05, 3.63) is 83.7 Å². The van der Waals surface area contributed by atoms with Crippen molar-refractivity contribution in [3.63, 3.8) is 0 Å². The number of rotatable bonds is 6. The lowest BCUT2D eigenvalue weighted by Gasteiger charge is -2.11. The topological polar surface area (TPSA) is 46.9 Å². The lowest BCUT2D eigenvalue weighted by Crippen LogP contribution is -2.23. The lowest BCUT2D eigenvalue weighted by atomic mass is 10.1. The van der Waals surface area contributed by atoms with Crippen molar-refractivity contribution in [3.8, 4) is 0 Å². The quantitative estimate of drug-likeness (QED) is 0.631. The van der Waals surface area contributed by atoms with Crippen molar-refractivity contribution >= 4 is 17.7 Å². The van der Waals surface area contributed by atoms with Gasteiger partial charge < -0.3 is 5.32 Å². The molecule has 27 heavy (non-hydrogen) atoms. The van der Waals surface area contributed by atoms with Gasteiger partial charge in [0.2, 0.25) is 0 Å². The minimum absolute atomic E-state index is 0.0450. The molecule has 0 spiro atoms. The molecule has 1 amide bonds. The van der Waals surface area contributed by atoms with E-state index in [1.807, 2.05) is 36.5 Å². The van der Waals surface area contributed by atoms with Crippen molar-refractivity contribution in [1.82, 2.24) is 15.1 Å². The van der Waals surface area contributed by atoms with Crippen molar-refractivity contribution in [2.75, 3.05) is 0 Å². The fourth-order valence-electron chi connectivity index (χ4n) is 2.54. The predicted octanol–water partition coefficient (Wildman–Crippen LogP) is 4.47. The minimum atomic E-state index is -4.35. The number of aromatic nitrogens is 2. The first-order valence-electron chi connectivity index (χ1n) is 8.09. The van der Waals surface area contributed by atoms with Crippen LogP contribution in [0.3, 0.4) is 0 Å². The lowest BCUT2D eigenvalue weighted by molar-refractivity contribution is -0.0328. The van der Waals surface area contributed by atoms with Crippen LogP contribution in [-0.4, -0.2) is 21.2 Å². The zero-order valence-electron chi connectivity index (χ0n) is 14.1. The minimum Gasteiger partial charge on any atom is -0.348 e. The fraction of sp³-hybridized carbons (Fsp3) is 0.158. The van der Waals surface area contributed by atoms with Crippen LogP contribution in [0, 0.1) is 0 Å². The van der Waals surface area contributed by atoms with Gasteiger partial charge in [0.15, 0.2) is 0 Å². The molecule has 0 atom stereocenters. The molecule has 1 N–H and O–H groups in total. The predicted molar refractivity (Wildman–Crippen MR) is 97.3 cm³/mol. The average Bonchev–Trinajstić information content (AvgIpc) is 3.13. The first kappa shape index (κ1) is 19.0. The summed E-state index contributed by atoms with van der Waals surface area (Å²) in [5.74, 6) is -0.340. The van der Waals surface area contributed by atoms with Gasteiger partial charge in [-0.3, -0.25) is 9.48 Å². The molecule has 0 aliphatic heterocycles. The maximum Gasteiger partial charge on any atom is 0.446 e. The zero-order chi connectivity index (χ0) is 19.3. The Morgan fingerprint density at radius 3 is 2.37 bits per heavy atom. The third-order valence-corrected chi connectivity index (χ3v) is 4.54. The Balaban J connectivity index is 1.62. The van der Waals surface area contributed by atoms with E-state index in [0.717, 1.165) is 11.1 Å². The number of thioether (sulfide) groups is 1. The molecular weight excluding hydrogens is 375 g/mol. The van der Waals surface area contributed by atoms with Gasteiger partial charge in [0.25, 0.3) is 5.91 Å². The van der Waals surface area contributed by atoms with E-state index < -0.39 is 5.51 Å². The summed E-state index contributed by atoms with van der Waals surface area (Å²) < 4.78 is 38.9. The van der Waals surface area contributed by atoms with Gasteiger partial charge in [-0.1, -0.05) is 24.3 Å². The largest absolute Gasteiger partial charge is 0.446 e. The Morgan fingerprint density at radius 2 is 1.74 bits per heavy atom. The number of nitrogens with zero attached hydrogens (tertiary/aromatic N) is 2. The number of hydrogen-bond donors (Lipinski definition) is 1. The van der Waals surface area contributed by atoms with Crippen LogP contribution in [0.2, 0.25) is 0 Å². The Hall–Kier alpha value is -2.74. The highest BCUT2D eigenvalue weighted by atomic mass is 32.2. The van der Waals surface area contributed by atoms with Gasteiger partial charge in [0.1, 0.15) is 0 Å². The third-order valence-electron chi connectivity index (χ3n) is 3.80. The van der Waals surface area contributed by atoms with Gasteiger partial charge in [-0.2, -0.15) is 18.3 Å². The van der Waals surface area contributed by atoms with Crippen LogP contribution in [0.5, 0.6) is 0 Å².